The van der Waals surface area contributed by atoms with Crippen molar-refractivity contribution in [2.24, 2.45) is 0 Å². The molecule has 0 aromatic heterocycles. The van der Waals surface area contributed by atoms with Crippen LogP contribution in [0.4, 0.5) is 0 Å². The molecule has 0 unspecified atom stereocenters. The molecule has 1 rings (SSSR count). The zero-order valence-corrected chi connectivity index (χ0v) is 10.2. The van der Waals surface area contributed by atoms with E-state index in [1.807, 2.05) is 19.1 Å². The fourth-order valence-corrected chi connectivity index (χ4v) is 2.56. The van der Waals surface area contributed by atoms with Crippen LogP contribution in [0, 0.1) is 18.3 Å². The van der Waals surface area contributed by atoms with Crippen LogP contribution in [0.1, 0.15) is 12.0 Å². The van der Waals surface area contributed by atoms with Gasteiger partial charge in [-0.15, -0.1) is 0 Å². The zero-order valence-electron chi connectivity index (χ0n) is 9.34. The summed E-state index contributed by atoms with van der Waals surface area (Å²) in [5.41, 5.74) is 0.898. The van der Waals surface area contributed by atoms with Crippen LogP contribution < -0.4 is 0 Å². The molecular formula is C11H14N2O2S. The van der Waals surface area contributed by atoms with Gasteiger partial charge in [0.15, 0.2) is 0 Å². The van der Waals surface area contributed by atoms with E-state index < -0.39 is 10.0 Å². The number of rotatable bonds is 4. The lowest BCUT2D eigenvalue weighted by atomic mass is 10.2. The number of nitriles is 1. The molecule has 0 aliphatic rings. The Morgan fingerprint density at radius 3 is 2.69 bits per heavy atom. The SMILES string of the molecule is Cc1cccc(S(=O)(=O)N(C)CCC#N)c1. The van der Waals surface area contributed by atoms with Gasteiger partial charge in [0.25, 0.3) is 0 Å². The average Bonchev–Trinajstić information content (AvgIpc) is 2.25. The molecule has 0 saturated heterocycles. The van der Waals surface area contributed by atoms with Gasteiger partial charge in [0.2, 0.25) is 10.0 Å². The Morgan fingerprint density at radius 2 is 2.12 bits per heavy atom. The number of sulfonamides is 1. The van der Waals surface area contributed by atoms with E-state index >= 15 is 0 Å². The molecule has 86 valence electrons. The Labute approximate surface area is 96.2 Å². The molecule has 0 radical (unpaired) electrons. The van der Waals surface area contributed by atoms with Crippen molar-refractivity contribution in [2.75, 3.05) is 13.6 Å². The van der Waals surface area contributed by atoms with Crippen molar-refractivity contribution in [3.8, 4) is 6.07 Å². The summed E-state index contributed by atoms with van der Waals surface area (Å²) in [6, 6.07) is 8.66. The second kappa shape index (κ2) is 5.10. The van der Waals surface area contributed by atoms with E-state index in [4.69, 9.17) is 5.26 Å². The number of aryl methyl sites for hydroxylation is 1. The molecule has 0 spiro atoms. The number of nitrogens with zero attached hydrogens (tertiary/aromatic N) is 2. The van der Waals surface area contributed by atoms with E-state index in [1.165, 1.54) is 11.4 Å². The van der Waals surface area contributed by atoms with Crippen LogP contribution in [0.25, 0.3) is 0 Å². The number of hydrogen-bond acceptors (Lipinski definition) is 3. The van der Waals surface area contributed by atoms with Gasteiger partial charge in [0.05, 0.1) is 11.0 Å². The second-order valence-corrected chi connectivity index (χ2v) is 5.60. The fraction of sp³-hybridized carbons (Fsp3) is 0.364. The molecule has 0 saturated carbocycles. The largest absolute Gasteiger partial charge is 0.242 e. The lowest BCUT2D eigenvalue weighted by Crippen LogP contribution is -2.27. The van der Waals surface area contributed by atoms with Crippen LogP contribution in [-0.4, -0.2) is 26.3 Å². The van der Waals surface area contributed by atoms with Gasteiger partial charge in [-0.3, -0.25) is 0 Å². The van der Waals surface area contributed by atoms with Crippen LogP contribution in [0.5, 0.6) is 0 Å². The van der Waals surface area contributed by atoms with Gasteiger partial charge >= 0.3 is 0 Å². The molecular weight excluding hydrogens is 224 g/mol. The molecule has 1 aromatic rings. The van der Waals surface area contributed by atoms with Crippen LogP contribution in [-0.2, 0) is 10.0 Å². The monoisotopic (exact) mass is 238 g/mol. The van der Waals surface area contributed by atoms with Crippen LogP contribution in [0.15, 0.2) is 29.2 Å². The highest BCUT2D eigenvalue weighted by Crippen LogP contribution is 2.15. The Morgan fingerprint density at radius 1 is 1.44 bits per heavy atom. The maximum atomic E-state index is 12.0. The number of hydrogen-bond donors (Lipinski definition) is 0. The highest BCUT2D eigenvalue weighted by molar-refractivity contribution is 7.89. The Balaban J connectivity index is 2.98. The zero-order chi connectivity index (χ0) is 12.2. The van der Waals surface area contributed by atoms with Gasteiger partial charge < -0.3 is 0 Å². The van der Waals surface area contributed by atoms with Crippen LogP contribution >= 0.6 is 0 Å². The van der Waals surface area contributed by atoms with Gasteiger partial charge in [-0.25, -0.2) is 8.42 Å². The Kier molecular flexibility index (Phi) is 4.05. The Bertz CT molecular complexity index is 503. The summed E-state index contributed by atoms with van der Waals surface area (Å²) in [4.78, 5) is 0.271. The molecule has 0 aliphatic carbocycles. The third-order valence-corrected chi connectivity index (χ3v) is 4.09. The number of benzene rings is 1. The van der Waals surface area contributed by atoms with E-state index in [0.717, 1.165) is 5.56 Å². The standard InChI is InChI=1S/C11H14N2O2S/c1-10-5-3-6-11(9-10)16(14,15)13(2)8-4-7-12/h3,5-6,9H,4,8H2,1-2H3. The summed E-state index contributed by atoms with van der Waals surface area (Å²) in [7, 11) is -1.97. The molecule has 0 heterocycles. The van der Waals surface area contributed by atoms with E-state index in [0.29, 0.717) is 0 Å². The summed E-state index contributed by atoms with van der Waals surface area (Å²) in [6.45, 7) is 2.06. The molecule has 16 heavy (non-hydrogen) atoms. The van der Waals surface area contributed by atoms with Crippen molar-refractivity contribution < 1.29 is 8.42 Å². The molecule has 0 amide bonds. The Hall–Kier alpha value is -1.38. The predicted molar refractivity (Wildman–Crippen MR) is 61.2 cm³/mol. The topological polar surface area (TPSA) is 61.2 Å². The molecule has 1 aromatic carbocycles. The van der Waals surface area contributed by atoms with Crippen molar-refractivity contribution in [3.63, 3.8) is 0 Å². The van der Waals surface area contributed by atoms with Gasteiger partial charge in [0, 0.05) is 20.0 Å². The molecule has 0 N–H and O–H groups in total. The van der Waals surface area contributed by atoms with E-state index in [9.17, 15) is 8.42 Å². The summed E-state index contributed by atoms with van der Waals surface area (Å²) < 4.78 is 25.2. The quantitative estimate of drug-likeness (QED) is 0.799. The third-order valence-electron chi connectivity index (χ3n) is 2.24. The molecule has 0 atom stereocenters. The van der Waals surface area contributed by atoms with E-state index in [-0.39, 0.29) is 17.9 Å². The first-order valence-electron chi connectivity index (χ1n) is 4.88. The van der Waals surface area contributed by atoms with Crippen molar-refractivity contribution in [1.82, 2.24) is 4.31 Å². The molecule has 4 nitrogen and oxygen atoms in total. The maximum absolute atomic E-state index is 12.0. The van der Waals surface area contributed by atoms with Crippen LogP contribution in [0.3, 0.4) is 0 Å². The first-order chi connectivity index (χ1) is 7.48. The minimum Gasteiger partial charge on any atom is -0.207 e. The van der Waals surface area contributed by atoms with Gasteiger partial charge in [-0.1, -0.05) is 12.1 Å². The highest BCUT2D eigenvalue weighted by atomic mass is 32.2. The predicted octanol–water partition coefficient (Wildman–Crippen LogP) is 1.53. The highest BCUT2D eigenvalue weighted by Gasteiger charge is 2.19. The summed E-state index contributed by atoms with van der Waals surface area (Å²) in [6.07, 6.45) is 0.196. The summed E-state index contributed by atoms with van der Waals surface area (Å²) in [5.74, 6) is 0. The van der Waals surface area contributed by atoms with Crippen molar-refractivity contribution in [1.29, 1.82) is 5.26 Å². The van der Waals surface area contributed by atoms with E-state index in [2.05, 4.69) is 0 Å². The van der Waals surface area contributed by atoms with E-state index in [1.54, 1.807) is 18.2 Å². The molecule has 0 bridgehead atoms. The minimum atomic E-state index is -3.45. The fourth-order valence-electron chi connectivity index (χ4n) is 1.28. The lowest BCUT2D eigenvalue weighted by Gasteiger charge is -2.15. The average molecular weight is 238 g/mol. The van der Waals surface area contributed by atoms with Gasteiger partial charge in [-0.2, -0.15) is 9.57 Å². The molecule has 5 heteroatoms. The minimum absolute atomic E-state index is 0.196. The van der Waals surface area contributed by atoms with Crippen molar-refractivity contribution in [2.45, 2.75) is 18.2 Å². The molecule has 0 aliphatic heterocycles. The van der Waals surface area contributed by atoms with Gasteiger partial charge in [0.1, 0.15) is 0 Å². The van der Waals surface area contributed by atoms with Crippen LogP contribution in [0.2, 0.25) is 0 Å². The van der Waals surface area contributed by atoms with Gasteiger partial charge in [-0.05, 0) is 24.6 Å². The summed E-state index contributed by atoms with van der Waals surface area (Å²) in [5, 5.41) is 8.42. The first-order valence-corrected chi connectivity index (χ1v) is 6.32. The summed E-state index contributed by atoms with van der Waals surface area (Å²) >= 11 is 0. The first kappa shape index (κ1) is 12.7. The van der Waals surface area contributed by atoms with Crippen molar-refractivity contribution >= 4 is 10.0 Å². The maximum Gasteiger partial charge on any atom is 0.242 e. The normalized spacial score (nSPS) is 11.4. The second-order valence-electron chi connectivity index (χ2n) is 3.55. The molecule has 0 fully saturated rings. The lowest BCUT2D eigenvalue weighted by molar-refractivity contribution is 0.476. The third kappa shape index (κ3) is 2.81. The smallest absolute Gasteiger partial charge is 0.207 e. The van der Waals surface area contributed by atoms with Crippen molar-refractivity contribution in [3.05, 3.63) is 29.8 Å².